The van der Waals surface area contributed by atoms with Gasteiger partial charge in [0.05, 0.1) is 12.7 Å². The first-order valence-corrected chi connectivity index (χ1v) is 8.57. The number of aryl methyl sites for hydroxylation is 1. The SMILES string of the molecule is COC(=O)c1ccc(NC(=O)C(C)(C)C(=O)NCc2ccc(C)cc2)cc1. The molecule has 0 heterocycles. The van der Waals surface area contributed by atoms with Gasteiger partial charge in [0.2, 0.25) is 11.8 Å². The lowest BCUT2D eigenvalue weighted by atomic mass is 9.90. The van der Waals surface area contributed by atoms with Gasteiger partial charge < -0.3 is 15.4 Å². The van der Waals surface area contributed by atoms with Gasteiger partial charge in [0.1, 0.15) is 5.41 Å². The summed E-state index contributed by atoms with van der Waals surface area (Å²) in [4.78, 5) is 36.5. The molecule has 2 aromatic carbocycles. The Hall–Kier alpha value is -3.15. The largest absolute Gasteiger partial charge is 0.465 e. The number of benzene rings is 2. The Morgan fingerprint density at radius 1 is 0.926 bits per heavy atom. The van der Waals surface area contributed by atoms with E-state index in [1.165, 1.54) is 7.11 Å². The Morgan fingerprint density at radius 2 is 1.52 bits per heavy atom. The van der Waals surface area contributed by atoms with Gasteiger partial charge in [-0.15, -0.1) is 0 Å². The van der Waals surface area contributed by atoms with Crippen LogP contribution in [0.3, 0.4) is 0 Å². The van der Waals surface area contributed by atoms with Gasteiger partial charge in [-0.25, -0.2) is 4.79 Å². The molecule has 0 radical (unpaired) electrons. The van der Waals surface area contributed by atoms with Crippen LogP contribution in [0.15, 0.2) is 48.5 Å². The maximum Gasteiger partial charge on any atom is 0.337 e. The van der Waals surface area contributed by atoms with Gasteiger partial charge in [-0.05, 0) is 50.6 Å². The first-order valence-electron chi connectivity index (χ1n) is 8.57. The number of nitrogens with one attached hydrogen (secondary N) is 2. The van der Waals surface area contributed by atoms with Crippen LogP contribution in [-0.4, -0.2) is 24.9 Å². The van der Waals surface area contributed by atoms with Crippen molar-refractivity contribution in [3.8, 4) is 0 Å². The van der Waals surface area contributed by atoms with E-state index >= 15 is 0 Å². The van der Waals surface area contributed by atoms with Gasteiger partial charge in [0, 0.05) is 12.2 Å². The second-order valence-corrected chi connectivity index (χ2v) is 6.82. The molecule has 6 nitrogen and oxygen atoms in total. The van der Waals surface area contributed by atoms with Crippen LogP contribution in [0.1, 0.15) is 35.3 Å². The minimum absolute atomic E-state index is 0.351. The van der Waals surface area contributed by atoms with Crippen molar-refractivity contribution < 1.29 is 19.1 Å². The van der Waals surface area contributed by atoms with Crippen LogP contribution in [0.4, 0.5) is 5.69 Å². The van der Waals surface area contributed by atoms with E-state index in [1.807, 2.05) is 31.2 Å². The Labute approximate surface area is 158 Å². The fourth-order valence-corrected chi connectivity index (χ4v) is 2.31. The van der Waals surface area contributed by atoms with E-state index in [9.17, 15) is 14.4 Å². The molecule has 27 heavy (non-hydrogen) atoms. The zero-order valence-corrected chi connectivity index (χ0v) is 16.0. The van der Waals surface area contributed by atoms with Gasteiger partial charge in [0.25, 0.3) is 0 Å². The molecular weight excluding hydrogens is 344 g/mol. The van der Waals surface area contributed by atoms with Crippen LogP contribution in [0.2, 0.25) is 0 Å². The Bertz CT molecular complexity index is 824. The highest BCUT2D eigenvalue weighted by Gasteiger charge is 2.35. The molecule has 0 aliphatic rings. The predicted octanol–water partition coefficient (Wildman–Crippen LogP) is 3.06. The lowest BCUT2D eigenvalue weighted by Gasteiger charge is -2.23. The van der Waals surface area contributed by atoms with Crippen molar-refractivity contribution in [1.29, 1.82) is 0 Å². The third kappa shape index (κ3) is 5.17. The topological polar surface area (TPSA) is 84.5 Å². The van der Waals surface area contributed by atoms with Gasteiger partial charge >= 0.3 is 5.97 Å². The highest BCUT2D eigenvalue weighted by Crippen LogP contribution is 2.20. The van der Waals surface area contributed by atoms with E-state index in [4.69, 9.17) is 0 Å². The predicted molar refractivity (Wildman–Crippen MR) is 103 cm³/mol. The fraction of sp³-hybridized carbons (Fsp3) is 0.286. The normalized spacial score (nSPS) is 10.8. The van der Waals surface area contributed by atoms with Crippen molar-refractivity contribution in [1.82, 2.24) is 5.32 Å². The molecule has 0 aromatic heterocycles. The van der Waals surface area contributed by atoms with Crippen LogP contribution < -0.4 is 10.6 Å². The third-order valence-corrected chi connectivity index (χ3v) is 4.27. The number of esters is 1. The van der Waals surface area contributed by atoms with E-state index in [2.05, 4.69) is 15.4 Å². The fourth-order valence-electron chi connectivity index (χ4n) is 2.31. The zero-order valence-electron chi connectivity index (χ0n) is 16.0. The molecule has 6 heteroatoms. The van der Waals surface area contributed by atoms with E-state index in [1.54, 1.807) is 38.1 Å². The molecule has 0 aliphatic carbocycles. The molecule has 142 valence electrons. The van der Waals surface area contributed by atoms with Crippen molar-refractivity contribution in [2.75, 3.05) is 12.4 Å². The molecule has 2 aromatic rings. The molecule has 0 saturated heterocycles. The van der Waals surface area contributed by atoms with Gasteiger partial charge in [-0.1, -0.05) is 29.8 Å². The summed E-state index contributed by atoms with van der Waals surface area (Å²) in [5, 5.41) is 5.50. The van der Waals surface area contributed by atoms with Crippen molar-refractivity contribution in [2.24, 2.45) is 5.41 Å². The van der Waals surface area contributed by atoms with E-state index in [-0.39, 0.29) is 5.91 Å². The van der Waals surface area contributed by atoms with Crippen molar-refractivity contribution in [3.05, 3.63) is 65.2 Å². The molecule has 0 bridgehead atoms. The summed E-state index contributed by atoms with van der Waals surface area (Å²) in [5.74, 6) is -1.26. The average molecular weight is 368 g/mol. The summed E-state index contributed by atoms with van der Waals surface area (Å²) in [6.45, 7) is 5.47. The molecule has 0 fully saturated rings. The van der Waals surface area contributed by atoms with Crippen LogP contribution >= 0.6 is 0 Å². The Morgan fingerprint density at radius 3 is 2.07 bits per heavy atom. The van der Waals surface area contributed by atoms with E-state index in [0.29, 0.717) is 17.8 Å². The van der Waals surface area contributed by atoms with Crippen molar-refractivity contribution in [2.45, 2.75) is 27.3 Å². The lowest BCUT2D eigenvalue weighted by molar-refractivity contribution is -0.138. The van der Waals surface area contributed by atoms with Crippen LogP contribution in [-0.2, 0) is 20.9 Å². The number of anilines is 1. The summed E-state index contributed by atoms with van der Waals surface area (Å²) in [7, 11) is 1.30. The van der Waals surface area contributed by atoms with Crippen LogP contribution in [0, 0.1) is 12.3 Å². The first kappa shape index (κ1) is 20.2. The quantitative estimate of drug-likeness (QED) is 0.606. The summed E-state index contributed by atoms with van der Waals surface area (Å²) in [6, 6.07) is 14.1. The molecule has 2 rings (SSSR count). The smallest absolute Gasteiger partial charge is 0.337 e. The molecule has 0 aliphatic heterocycles. The maximum atomic E-state index is 12.5. The minimum Gasteiger partial charge on any atom is -0.465 e. The van der Waals surface area contributed by atoms with Gasteiger partial charge in [-0.2, -0.15) is 0 Å². The highest BCUT2D eigenvalue weighted by molar-refractivity contribution is 6.09. The molecule has 2 amide bonds. The summed E-state index contributed by atoms with van der Waals surface area (Å²) in [5.41, 5.74) is 1.72. The Balaban J connectivity index is 1.97. The molecule has 0 spiro atoms. The summed E-state index contributed by atoms with van der Waals surface area (Å²) < 4.78 is 4.63. The molecular formula is C21H24N2O4. The second kappa shape index (κ2) is 8.49. The van der Waals surface area contributed by atoms with E-state index < -0.39 is 17.3 Å². The van der Waals surface area contributed by atoms with Gasteiger partial charge in [-0.3, -0.25) is 9.59 Å². The first-order chi connectivity index (χ1) is 12.7. The third-order valence-electron chi connectivity index (χ3n) is 4.27. The van der Waals surface area contributed by atoms with Crippen molar-refractivity contribution in [3.63, 3.8) is 0 Å². The number of amides is 2. The molecule has 2 N–H and O–H groups in total. The zero-order chi connectivity index (χ0) is 20.0. The lowest BCUT2D eigenvalue weighted by Crippen LogP contribution is -2.44. The monoisotopic (exact) mass is 368 g/mol. The average Bonchev–Trinajstić information content (AvgIpc) is 2.67. The van der Waals surface area contributed by atoms with Gasteiger partial charge in [0.15, 0.2) is 0 Å². The summed E-state index contributed by atoms with van der Waals surface area (Å²) >= 11 is 0. The maximum absolute atomic E-state index is 12.5. The number of methoxy groups -OCH3 is 1. The number of rotatable bonds is 6. The second-order valence-electron chi connectivity index (χ2n) is 6.82. The highest BCUT2D eigenvalue weighted by atomic mass is 16.5. The molecule has 0 saturated carbocycles. The number of ether oxygens (including phenoxy) is 1. The standard InChI is InChI=1S/C21H24N2O4/c1-14-5-7-15(8-6-14)13-22-19(25)21(2,3)20(26)23-17-11-9-16(10-12-17)18(24)27-4/h5-12H,13H2,1-4H3,(H,22,25)(H,23,26). The number of carbonyl (C=O) groups is 3. The molecule has 0 atom stereocenters. The van der Waals surface area contributed by atoms with Crippen molar-refractivity contribution >= 4 is 23.5 Å². The number of hydrogen-bond donors (Lipinski definition) is 2. The molecule has 0 unspecified atom stereocenters. The van der Waals surface area contributed by atoms with Crippen LogP contribution in [0.5, 0.6) is 0 Å². The van der Waals surface area contributed by atoms with E-state index in [0.717, 1.165) is 11.1 Å². The van der Waals surface area contributed by atoms with Crippen LogP contribution in [0.25, 0.3) is 0 Å². The minimum atomic E-state index is -1.26. The number of hydrogen-bond acceptors (Lipinski definition) is 4. The number of carbonyl (C=O) groups excluding carboxylic acids is 3. The Kier molecular flexibility index (Phi) is 6.34. The summed E-state index contributed by atoms with van der Waals surface area (Å²) in [6.07, 6.45) is 0.